The number of nitrogen functional groups attached to an aromatic ring is 1. The number of nitrogens with zero attached hydrogens (tertiary/aromatic N) is 2. The van der Waals surface area contributed by atoms with Gasteiger partial charge in [0.15, 0.2) is 5.75 Å². The molecule has 0 saturated carbocycles. The highest BCUT2D eigenvalue weighted by Crippen LogP contribution is 2.47. The molecule has 0 amide bonds. The highest BCUT2D eigenvalue weighted by Gasteiger charge is 2.33. The third kappa shape index (κ3) is 2.79. The van der Waals surface area contributed by atoms with Crippen molar-refractivity contribution in [1.82, 2.24) is 0 Å². The third-order valence-corrected chi connectivity index (χ3v) is 4.45. The minimum atomic E-state index is 0.0535. The van der Waals surface area contributed by atoms with E-state index in [1.54, 1.807) is 0 Å². The monoisotopic (exact) mass is 279 g/mol. The molecule has 0 radical (unpaired) electrons. The number of nitriles is 1. The molecule has 1 fully saturated rings. The van der Waals surface area contributed by atoms with Crippen LogP contribution in [0.1, 0.15) is 39.0 Å². The molecule has 1 aliphatic rings. The van der Waals surface area contributed by atoms with Gasteiger partial charge in [0, 0.05) is 13.1 Å². The number of anilines is 2. The quantitative estimate of drug-likeness (QED) is 0.922. The van der Waals surface area contributed by atoms with Crippen molar-refractivity contribution in [1.29, 1.82) is 5.26 Å². The molecule has 0 unspecified atom stereocenters. The molecule has 19 heavy (non-hydrogen) atoms. The average Bonchev–Trinajstić information content (AvgIpc) is 2.81. The SMILES string of the molecule is CC(C)Oc1c(N2CCC(C)(C)C2)sc(C#N)c1N. The molecule has 104 valence electrons. The van der Waals surface area contributed by atoms with Crippen LogP contribution in [0.25, 0.3) is 0 Å². The largest absolute Gasteiger partial charge is 0.486 e. The summed E-state index contributed by atoms with van der Waals surface area (Å²) in [5, 5.41) is 10.1. The predicted molar refractivity (Wildman–Crippen MR) is 79.8 cm³/mol. The van der Waals surface area contributed by atoms with Crippen molar-refractivity contribution < 1.29 is 4.74 Å². The van der Waals surface area contributed by atoms with Crippen LogP contribution in [0, 0.1) is 16.7 Å². The van der Waals surface area contributed by atoms with E-state index >= 15 is 0 Å². The molecule has 0 aromatic carbocycles. The normalized spacial score (nSPS) is 17.8. The minimum absolute atomic E-state index is 0.0535. The highest BCUT2D eigenvalue weighted by atomic mass is 32.1. The number of nitrogens with two attached hydrogens (primary N) is 1. The summed E-state index contributed by atoms with van der Waals surface area (Å²) in [6, 6.07) is 2.16. The molecule has 1 aromatic rings. The fourth-order valence-corrected chi connectivity index (χ4v) is 3.32. The summed E-state index contributed by atoms with van der Waals surface area (Å²) in [7, 11) is 0. The third-order valence-electron chi connectivity index (χ3n) is 3.30. The van der Waals surface area contributed by atoms with E-state index in [1.807, 2.05) is 13.8 Å². The van der Waals surface area contributed by atoms with E-state index in [9.17, 15) is 0 Å². The second-order valence-electron chi connectivity index (χ2n) is 6.09. The Balaban J connectivity index is 2.37. The van der Waals surface area contributed by atoms with Crippen LogP contribution in [0.3, 0.4) is 0 Å². The first-order valence-electron chi connectivity index (χ1n) is 6.58. The lowest BCUT2D eigenvalue weighted by molar-refractivity contribution is 0.245. The molecule has 2 N–H and O–H groups in total. The predicted octanol–water partition coefficient (Wildman–Crippen LogP) is 3.23. The highest BCUT2D eigenvalue weighted by molar-refractivity contribution is 7.17. The summed E-state index contributed by atoms with van der Waals surface area (Å²) in [5.74, 6) is 0.689. The molecule has 0 spiro atoms. The van der Waals surface area contributed by atoms with Gasteiger partial charge >= 0.3 is 0 Å². The van der Waals surface area contributed by atoms with E-state index in [0.29, 0.717) is 21.7 Å². The van der Waals surface area contributed by atoms with E-state index < -0.39 is 0 Å². The summed E-state index contributed by atoms with van der Waals surface area (Å²) in [6.07, 6.45) is 1.20. The Kier molecular flexibility index (Phi) is 3.64. The molecule has 2 heterocycles. The lowest BCUT2D eigenvalue weighted by Gasteiger charge is -2.22. The van der Waals surface area contributed by atoms with E-state index in [0.717, 1.165) is 24.5 Å². The van der Waals surface area contributed by atoms with Gasteiger partial charge in [-0.1, -0.05) is 13.8 Å². The van der Waals surface area contributed by atoms with Gasteiger partial charge < -0.3 is 15.4 Å². The molecule has 1 aromatic heterocycles. The van der Waals surface area contributed by atoms with Crippen LogP contribution in [-0.2, 0) is 0 Å². The standard InChI is InChI=1S/C14H21N3OS/c1-9(2)18-12-11(16)10(7-15)19-13(12)17-6-5-14(3,4)8-17/h9H,5-6,8,16H2,1-4H3. The maximum Gasteiger partial charge on any atom is 0.178 e. The number of hydrogen-bond acceptors (Lipinski definition) is 5. The second kappa shape index (κ2) is 4.93. The molecule has 0 bridgehead atoms. The molecule has 0 atom stereocenters. The van der Waals surface area contributed by atoms with E-state index in [2.05, 4.69) is 24.8 Å². The number of hydrogen-bond donors (Lipinski definition) is 1. The second-order valence-corrected chi connectivity index (χ2v) is 7.09. The topological polar surface area (TPSA) is 62.3 Å². The Morgan fingerprint density at radius 2 is 2.16 bits per heavy atom. The van der Waals surface area contributed by atoms with Gasteiger partial charge in [-0.2, -0.15) is 5.26 Å². The number of rotatable bonds is 3. The molecule has 0 aliphatic carbocycles. The molecule has 5 heteroatoms. The number of thiophene rings is 1. The molecule has 1 aliphatic heterocycles. The van der Waals surface area contributed by atoms with Gasteiger partial charge in [0.25, 0.3) is 0 Å². The van der Waals surface area contributed by atoms with Crippen LogP contribution < -0.4 is 15.4 Å². The van der Waals surface area contributed by atoms with E-state index in [4.69, 9.17) is 15.7 Å². The zero-order chi connectivity index (χ0) is 14.2. The van der Waals surface area contributed by atoms with Crippen molar-refractivity contribution in [2.75, 3.05) is 23.7 Å². The van der Waals surface area contributed by atoms with Gasteiger partial charge in [-0.05, 0) is 25.7 Å². The maximum atomic E-state index is 9.14. The molecular weight excluding hydrogens is 258 g/mol. The fourth-order valence-electron chi connectivity index (χ4n) is 2.34. The first-order valence-corrected chi connectivity index (χ1v) is 7.39. The van der Waals surface area contributed by atoms with Crippen LogP contribution in [0.15, 0.2) is 0 Å². The Morgan fingerprint density at radius 3 is 2.63 bits per heavy atom. The molecule has 1 saturated heterocycles. The van der Waals surface area contributed by atoms with Gasteiger partial charge in [0.1, 0.15) is 21.6 Å². The molecule has 4 nitrogen and oxygen atoms in total. The zero-order valence-corrected chi connectivity index (χ0v) is 12.8. The lowest BCUT2D eigenvalue weighted by Crippen LogP contribution is -2.22. The first kappa shape index (κ1) is 14.0. The average molecular weight is 279 g/mol. The van der Waals surface area contributed by atoms with Crippen LogP contribution in [0.5, 0.6) is 5.75 Å². The maximum absolute atomic E-state index is 9.14. The van der Waals surface area contributed by atoms with Crippen molar-refractivity contribution in [3.05, 3.63) is 4.88 Å². The molecular formula is C14H21N3OS. The lowest BCUT2D eigenvalue weighted by atomic mass is 9.93. The van der Waals surface area contributed by atoms with Crippen molar-refractivity contribution in [3.8, 4) is 11.8 Å². The number of ether oxygens (including phenoxy) is 1. The Labute approximate surface area is 118 Å². The minimum Gasteiger partial charge on any atom is -0.486 e. The Hall–Kier alpha value is -1.41. The van der Waals surface area contributed by atoms with Crippen molar-refractivity contribution in [2.45, 2.75) is 40.2 Å². The van der Waals surface area contributed by atoms with Gasteiger partial charge in [0.2, 0.25) is 0 Å². The van der Waals surface area contributed by atoms with Crippen LogP contribution in [0.4, 0.5) is 10.7 Å². The Morgan fingerprint density at radius 1 is 1.47 bits per heavy atom. The van der Waals surface area contributed by atoms with Crippen LogP contribution in [-0.4, -0.2) is 19.2 Å². The zero-order valence-electron chi connectivity index (χ0n) is 12.0. The Bertz CT molecular complexity index is 513. The van der Waals surface area contributed by atoms with Gasteiger partial charge in [0.05, 0.1) is 6.10 Å². The van der Waals surface area contributed by atoms with Crippen molar-refractivity contribution in [2.24, 2.45) is 5.41 Å². The fraction of sp³-hybridized carbons (Fsp3) is 0.643. The van der Waals surface area contributed by atoms with Crippen molar-refractivity contribution in [3.63, 3.8) is 0 Å². The van der Waals surface area contributed by atoms with Gasteiger partial charge in [-0.3, -0.25) is 0 Å². The smallest absolute Gasteiger partial charge is 0.178 e. The summed E-state index contributed by atoms with van der Waals surface area (Å²) in [5.41, 5.74) is 6.83. The van der Waals surface area contributed by atoms with Crippen LogP contribution in [0.2, 0.25) is 0 Å². The summed E-state index contributed by atoms with van der Waals surface area (Å²) < 4.78 is 5.83. The first-order chi connectivity index (χ1) is 8.84. The molecule has 2 rings (SSSR count). The van der Waals surface area contributed by atoms with Gasteiger partial charge in [-0.15, -0.1) is 11.3 Å². The van der Waals surface area contributed by atoms with Crippen molar-refractivity contribution >= 4 is 22.0 Å². The van der Waals surface area contributed by atoms with E-state index in [1.165, 1.54) is 11.3 Å². The van der Waals surface area contributed by atoms with Crippen LogP contribution >= 0.6 is 11.3 Å². The van der Waals surface area contributed by atoms with Gasteiger partial charge in [-0.25, -0.2) is 0 Å². The summed E-state index contributed by atoms with van der Waals surface area (Å²) in [6.45, 7) is 10.4. The summed E-state index contributed by atoms with van der Waals surface area (Å²) >= 11 is 1.44. The van der Waals surface area contributed by atoms with E-state index in [-0.39, 0.29) is 6.10 Å². The summed E-state index contributed by atoms with van der Waals surface area (Å²) in [4.78, 5) is 2.84.